The minimum atomic E-state index is -4.09. The van der Waals surface area contributed by atoms with Gasteiger partial charge in [-0.2, -0.15) is 13.2 Å². The van der Waals surface area contributed by atoms with E-state index in [2.05, 4.69) is 0 Å². The second-order valence-electron chi connectivity index (χ2n) is 3.99. The van der Waals surface area contributed by atoms with Gasteiger partial charge in [0.15, 0.2) is 0 Å². The highest BCUT2D eigenvalue weighted by molar-refractivity contribution is 4.73. The highest BCUT2D eigenvalue weighted by Gasteiger charge is 2.26. The van der Waals surface area contributed by atoms with Gasteiger partial charge in [-0.05, 0) is 19.3 Å². The SMILES string of the molecule is NCC1CCC(COCCCC(F)(F)F)O1. The van der Waals surface area contributed by atoms with Crippen LogP contribution in [-0.2, 0) is 9.47 Å². The van der Waals surface area contributed by atoms with E-state index < -0.39 is 12.6 Å². The van der Waals surface area contributed by atoms with Gasteiger partial charge in [-0.1, -0.05) is 0 Å². The van der Waals surface area contributed by atoms with Gasteiger partial charge < -0.3 is 15.2 Å². The van der Waals surface area contributed by atoms with Crippen LogP contribution in [0.2, 0.25) is 0 Å². The van der Waals surface area contributed by atoms with Crippen LogP contribution in [0.15, 0.2) is 0 Å². The average Bonchev–Trinajstić information content (AvgIpc) is 2.63. The van der Waals surface area contributed by atoms with Crippen LogP contribution in [0.3, 0.4) is 0 Å². The highest BCUT2D eigenvalue weighted by Crippen LogP contribution is 2.22. The molecule has 96 valence electrons. The van der Waals surface area contributed by atoms with Crippen LogP contribution >= 0.6 is 0 Å². The van der Waals surface area contributed by atoms with Crippen molar-refractivity contribution in [3.8, 4) is 0 Å². The third-order valence-corrected chi connectivity index (χ3v) is 2.51. The molecule has 3 nitrogen and oxygen atoms in total. The maximum absolute atomic E-state index is 11.8. The molecule has 0 bridgehead atoms. The van der Waals surface area contributed by atoms with Gasteiger partial charge in [-0.25, -0.2) is 0 Å². The molecule has 1 rings (SSSR count). The van der Waals surface area contributed by atoms with E-state index >= 15 is 0 Å². The molecule has 2 N–H and O–H groups in total. The van der Waals surface area contributed by atoms with E-state index in [9.17, 15) is 13.2 Å². The molecule has 0 aliphatic carbocycles. The van der Waals surface area contributed by atoms with Gasteiger partial charge in [0.2, 0.25) is 0 Å². The lowest BCUT2D eigenvalue weighted by atomic mass is 10.2. The molecule has 0 radical (unpaired) electrons. The normalized spacial score (nSPS) is 26.2. The minimum Gasteiger partial charge on any atom is -0.379 e. The van der Waals surface area contributed by atoms with Crippen LogP contribution in [0, 0.1) is 0 Å². The number of rotatable bonds is 6. The van der Waals surface area contributed by atoms with Crippen molar-refractivity contribution in [2.24, 2.45) is 5.73 Å². The van der Waals surface area contributed by atoms with E-state index in [1.165, 1.54) is 0 Å². The molecule has 0 aromatic heterocycles. The molecule has 1 saturated heterocycles. The monoisotopic (exact) mass is 241 g/mol. The van der Waals surface area contributed by atoms with Gasteiger partial charge >= 0.3 is 6.18 Å². The predicted molar refractivity (Wildman–Crippen MR) is 53.1 cm³/mol. The Labute approximate surface area is 93.1 Å². The van der Waals surface area contributed by atoms with Gasteiger partial charge in [0, 0.05) is 19.6 Å². The number of hydrogen-bond acceptors (Lipinski definition) is 3. The lowest BCUT2D eigenvalue weighted by molar-refractivity contribution is -0.138. The largest absolute Gasteiger partial charge is 0.389 e. The number of ether oxygens (including phenoxy) is 2. The van der Waals surface area contributed by atoms with Gasteiger partial charge in [-0.15, -0.1) is 0 Å². The smallest absolute Gasteiger partial charge is 0.379 e. The van der Waals surface area contributed by atoms with Crippen molar-refractivity contribution in [1.29, 1.82) is 0 Å². The maximum atomic E-state index is 11.8. The van der Waals surface area contributed by atoms with E-state index in [-0.39, 0.29) is 25.2 Å². The summed E-state index contributed by atoms with van der Waals surface area (Å²) >= 11 is 0. The second-order valence-corrected chi connectivity index (χ2v) is 3.99. The van der Waals surface area contributed by atoms with E-state index in [1.807, 2.05) is 0 Å². The summed E-state index contributed by atoms with van der Waals surface area (Å²) in [5.41, 5.74) is 5.43. The summed E-state index contributed by atoms with van der Waals surface area (Å²) in [6, 6.07) is 0. The number of hydrogen-bond donors (Lipinski definition) is 1. The fourth-order valence-electron chi connectivity index (χ4n) is 1.67. The fraction of sp³-hybridized carbons (Fsp3) is 1.00. The van der Waals surface area contributed by atoms with Crippen LogP contribution < -0.4 is 5.73 Å². The van der Waals surface area contributed by atoms with Crippen LogP contribution in [0.4, 0.5) is 13.2 Å². The molecule has 1 aliphatic rings. The average molecular weight is 241 g/mol. The van der Waals surface area contributed by atoms with E-state index in [0.717, 1.165) is 12.8 Å². The standard InChI is InChI=1S/C10H18F3NO2/c11-10(12,13)4-1-5-15-7-9-3-2-8(6-14)16-9/h8-9H,1-7,14H2. The number of nitrogens with two attached hydrogens (primary N) is 1. The predicted octanol–water partition coefficient (Wildman–Crippen LogP) is 1.85. The first-order chi connectivity index (χ1) is 7.51. The van der Waals surface area contributed by atoms with Gasteiger partial charge in [0.25, 0.3) is 0 Å². The van der Waals surface area contributed by atoms with E-state index in [0.29, 0.717) is 13.2 Å². The summed E-state index contributed by atoms with van der Waals surface area (Å²) in [7, 11) is 0. The first-order valence-corrected chi connectivity index (χ1v) is 5.51. The highest BCUT2D eigenvalue weighted by atomic mass is 19.4. The molecular formula is C10H18F3NO2. The molecule has 0 amide bonds. The lowest BCUT2D eigenvalue weighted by Gasteiger charge is -2.13. The minimum absolute atomic E-state index is 0.000522. The van der Waals surface area contributed by atoms with Crippen molar-refractivity contribution in [2.45, 2.75) is 44.1 Å². The van der Waals surface area contributed by atoms with Crippen LogP contribution in [0.5, 0.6) is 0 Å². The Morgan fingerprint density at radius 3 is 2.50 bits per heavy atom. The first-order valence-electron chi connectivity index (χ1n) is 5.51. The van der Waals surface area contributed by atoms with Gasteiger partial charge in [-0.3, -0.25) is 0 Å². The van der Waals surface area contributed by atoms with Gasteiger partial charge in [0.1, 0.15) is 0 Å². The number of halogens is 3. The summed E-state index contributed by atoms with van der Waals surface area (Å²) in [5.74, 6) is 0. The quantitative estimate of drug-likeness (QED) is 0.722. The summed E-state index contributed by atoms with van der Waals surface area (Å²) < 4.78 is 46.0. The fourth-order valence-corrected chi connectivity index (χ4v) is 1.67. The Hall–Kier alpha value is -0.330. The summed E-state index contributed by atoms with van der Waals surface area (Å²) in [6.45, 7) is 0.992. The molecule has 1 aliphatic heterocycles. The Bertz CT molecular complexity index is 199. The Kier molecular flexibility index (Phi) is 5.51. The Morgan fingerprint density at radius 2 is 1.94 bits per heavy atom. The first kappa shape index (κ1) is 13.7. The third-order valence-electron chi connectivity index (χ3n) is 2.51. The van der Waals surface area contributed by atoms with E-state index in [1.54, 1.807) is 0 Å². The summed E-state index contributed by atoms with van der Waals surface area (Å²) in [4.78, 5) is 0. The van der Waals surface area contributed by atoms with E-state index in [4.69, 9.17) is 15.2 Å². The molecule has 0 saturated carbocycles. The zero-order chi connectivity index (χ0) is 12.0. The third kappa shape index (κ3) is 5.67. The molecule has 0 aromatic carbocycles. The topological polar surface area (TPSA) is 44.5 Å². The lowest BCUT2D eigenvalue weighted by Crippen LogP contribution is -2.23. The Morgan fingerprint density at radius 1 is 1.25 bits per heavy atom. The molecule has 2 unspecified atom stereocenters. The summed E-state index contributed by atoms with van der Waals surface area (Å²) in [5, 5.41) is 0. The van der Waals surface area contributed by atoms with Crippen molar-refractivity contribution in [3.63, 3.8) is 0 Å². The van der Waals surface area contributed by atoms with Crippen molar-refractivity contribution >= 4 is 0 Å². The van der Waals surface area contributed by atoms with Crippen molar-refractivity contribution in [1.82, 2.24) is 0 Å². The maximum Gasteiger partial charge on any atom is 0.389 e. The van der Waals surface area contributed by atoms with Crippen LogP contribution in [0.1, 0.15) is 25.7 Å². The Balaban J connectivity index is 1.96. The molecule has 6 heteroatoms. The van der Waals surface area contributed by atoms with Crippen LogP contribution in [0.25, 0.3) is 0 Å². The molecule has 0 spiro atoms. The molecule has 0 aromatic rings. The van der Waals surface area contributed by atoms with Crippen LogP contribution in [-0.4, -0.2) is 38.1 Å². The molecule has 2 atom stereocenters. The second kappa shape index (κ2) is 6.42. The van der Waals surface area contributed by atoms with Crippen molar-refractivity contribution in [3.05, 3.63) is 0 Å². The molecule has 1 heterocycles. The zero-order valence-electron chi connectivity index (χ0n) is 9.13. The van der Waals surface area contributed by atoms with Crippen molar-refractivity contribution < 1.29 is 22.6 Å². The van der Waals surface area contributed by atoms with Gasteiger partial charge in [0.05, 0.1) is 18.8 Å². The molecular weight excluding hydrogens is 223 g/mol. The molecule has 1 fully saturated rings. The van der Waals surface area contributed by atoms with Crippen molar-refractivity contribution in [2.75, 3.05) is 19.8 Å². The summed E-state index contributed by atoms with van der Waals surface area (Å²) in [6.07, 6.45) is -2.99. The number of alkyl halides is 3. The molecule has 16 heavy (non-hydrogen) atoms. The zero-order valence-corrected chi connectivity index (χ0v) is 9.13.